The predicted octanol–water partition coefficient (Wildman–Crippen LogP) is 10.9. The van der Waals surface area contributed by atoms with Crippen LogP contribution in [0.1, 0.15) is 165 Å². The molecule has 2 bridgehead atoms. The summed E-state index contributed by atoms with van der Waals surface area (Å²) in [6.45, 7) is 18.7. The third kappa shape index (κ3) is 15.1. The zero-order chi connectivity index (χ0) is 65.9. The van der Waals surface area contributed by atoms with Crippen molar-refractivity contribution in [3.63, 3.8) is 0 Å². The molecule has 11 aliphatic rings. The van der Waals surface area contributed by atoms with E-state index in [1.54, 1.807) is 34.3 Å². The summed E-state index contributed by atoms with van der Waals surface area (Å²) in [5, 5.41) is 25.3. The van der Waals surface area contributed by atoms with Crippen molar-refractivity contribution < 1.29 is 81.5 Å². The van der Waals surface area contributed by atoms with Crippen LogP contribution >= 0.6 is 0 Å². The topological polar surface area (TPSA) is 218 Å². The number of likely N-dealkylation sites (N-methyl/N-ethyl adjacent to an activating group) is 1. The van der Waals surface area contributed by atoms with Crippen LogP contribution in [0.15, 0.2) is 76.1 Å². The zero-order valence-corrected chi connectivity index (χ0v) is 57.4. The van der Waals surface area contributed by atoms with Crippen LogP contribution in [-0.4, -0.2) is 184 Å². The van der Waals surface area contributed by atoms with E-state index in [1.807, 2.05) is 26.0 Å². The van der Waals surface area contributed by atoms with Gasteiger partial charge in [-0.15, -0.1) is 0 Å². The highest BCUT2D eigenvalue weighted by atomic mass is 16.7. The number of aliphatic hydroxyl groups is 1. The van der Waals surface area contributed by atoms with Gasteiger partial charge in [-0.2, -0.15) is 0 Å². The Kier molecular flexibility index (Phi) is 23.6. The molecule has 0 aromatic carbocycles. The lowest BCUT2D eigenvalue weighted by molar-refractivity contribution is -0.335. The molecular weight excluding hydrogens is 1180 g/mol. The fraction of sp³-hybridized carbons (Fsp3) is 0.781. The van der Waals surface area contributed by atoms with Crippen molar-refractivity contribution in [3.8, 4) is 0 Å². The number of fused-ring (bicyclic) bond motifs is 7. The molecule has 0 aromatic rings. The van der Waals surface area contributed by atoms with E-state index in [9.17, 15) is 24.7 Å². The normalized spacial score (nSPS) is 46.3. The summed E-state index contributed by atoms with van der Waals surface area (Å²) in [6.07, 6.45) is 24.4. The van der Waals surface area contributed by atoms with Gasteiger partial charge in [-0.1, -0.05) is 94.0 Å². The average Bonchev–Trinajstić information content (AvgIpc) is 1.52. The van der Waals surface area contributed by atoms with Crippen LogP contribution < -0.4 is 0 Å². The van der Waals surface area contributed by atoms with Crippen molar-refractivity contribution in [1.82, 2.24) is 4.90 Å². The molecule has 19 nitrogen and oxygen atoms in total. The minimum atomic E-state index is -1.72. The van der Waals surface area contributed by atoms with Gasteiger partial charge in [0.2, 0.25) is 0 Å². The molecule has 11 rings (SSSR count). The Bertz CT molecular complexity index is 2790. The Morgan fingerprint density at radius 1 is 0.783 bits per heavy atom. The summed E-state index contributed by atoms with van der Waals surface area (Å²) in [7, 11) is 9.15. The van der Waals surface area contributed by atoms with E-state index in [4.69, 9.17) is 56.8 Å². The molecule has 0 amide bonds. The monoisotopic (exact) mass is 1290 g/mol. The summed E-state index contributed by atoms with van der Waals surface area (Å²) >= 11 is 0. The fourth-order valence-corrected chi connectivity index (χ4v) is 17.6. The van der Waals surface area contributed by atoms with Crippen LogP contribution in [0.5, 0.6) is 0 Å². The molecule has 92 heavy (non-hydrogen) atoms. The van der Waals surface area contributed by atoms with Gasteiger partial charge in [0.15, 0.2) is 24.2 Å². The lowest BCUT2D eigenvalue weighted by atomic mass is 9.70. The Morgan fingerprint density at radius 3 is 2.26 bits per heavy atom. The summed E-state index contributed by atoms with van der Waals surface area (Å²) in [5.41, 5.74) is 1.69. The SMILES string of the molecule is CC[C@@H]1CCC[C@H](O[C@H]2CC[C@H](N(C)C)[C@@H](C)O2)[C@@H](C)C(=O)C2=C[C@@H]3[C@@H](C=C[C@@H]4C[C@@H](O[C@@H]5O[C@@H](C)[C@H](OC)[C@@H](OC)[C@H]5OC)C[C@@H]34)[C@@H]2CC(=O)O1.CC[C@H]1O[C@]2(CC[C@@H]1C)C[C@@H]1C[C@@H](C/C=C(\C)C[C@@H](C)/C=C/C=C3\CO[C@@H]4/C(=N\O)C(C)=C[C@@H](C(=O)O1)[C@]34O)O2. The predicted molar refractivity (Wildman–Crippen MR) is 345 cm³/mol. The number of Topliss-reactive ketones (excluding diaryl/α,β-unsaturated/α-hetero) is 1. The quantitative estimate of drug-likeness (QED) is 0.0899. The molecule has 26 atom stereocenters. The number of esters is 2. The molecule has 1 spiro atoms. The van der Waals surface area contributed by atoms with E-state index in [-0.39, 0.29) is 127 Å². The zero-order valence-electron chi connectivity index (χ0n) is 57.4. The second-order valence-electron chi connectivity index (χ2n) is 29.1. The summed E-state index contributed by atoms with van der Waals surface area (Å²) in [6, 6.07) is 0.339. The number of ether oxygens (including phenoxy) is 12. The molecule has 0 aromatic heterocycles. The Labute approximate surface area is 547 Å². The van der Waals surface area contributed by atoms with Gasteiger partial charge in [0.1, 0.15) is 53.9 Å². The highest BCUT2D eigenvalue weighted by Gasteiger charge is 2.60. The van der Waals surface area contributed by atoms with Crippen LogP contribution in [0.25, 0.3) is 0 Å². The van der Waals surface area contributed by atoms with Crippen LogP contribution in [-0.2, 0) is 71.2 Å². The Morgan fingerprint density at radius 2 is 1.55 bits per heavy atom. The molecule has 4 aliphatic carbocycles. The van der Waals surface area contributed by atoms with Crippen LogP contribution in [0.2, 0.25) is 0 Å². The number of allylic oxidation sites excluding steroid dienone is 8. The van der Waals surface area contributed by atoms with E-state index < -0.39 is 47.9 Å². The van der Waals surface area contributed by atoms with E-state index in [0.29, 0.717) is 48.3 Å². The highest BCUT2D eigenvalue weighted by Crippen LogP contribution is 2.55. The number of ketones is 1. The molecule has 7 fully saturated rings. The van der Waals surface area contributed by atoms with Gasteiger partial charge in [0.25, 0.3) is 0 Å². The van der Waals surface area contributed by atoms with E-state index in [0.717, 1.165) is 82.6 Å². The first-order chi connectivity index (χ1) is 44.0. The lowest BCUT2D eigenvalue weighted by Crippen LogP contribution is -2.59. The molecule has 514 valence electrons. The standard InChI is InChI=1S/C41H65NO10.C32H45NO7/c1-10-26-12-11-13-34(52-36-17-16-33(42(5)6)23(3)48-36)22(2)37(44)32-20-30-28(31(32)21-35(43)50-26)15-14-25-18-27(19-29(25)30)51-41-40(47-9)39(46-8)38(45-7)24(4)49-41;1-6-27-21(4)12-13-31(40-27)17-25-16-24(39-31)11-10-20(3)14-19(2)8-7-9-23-18-37-29-28(33-36)22(5)15-26(30(34)38-25)32(23,29)35/h14-15,20,22-31,33-34,36,38-41H,10-13,16-19,21H2,1-9H3;7-10,15,19,21,24-27,29,35-36H,6,11-14,16-18H2,1-5H3/b;8-7+,20-10+,23-9+,33-28-/t22-,23-,24+,25-,26-,27-,28-,29-,30-,31+,33+,34+,36+,38+,39-,40-,41+;19-,21-,24+,25-,26-,27+,29+,31+,32+/m10/s1. The number of carbonyl (C=O) groups is 3. The average molecular weight is 1290 g/mol. The minimum Gasteiger partial charge on any atom is -0.462 e. The maximum absolute atomic E-state index is 14.7. The van der Waals surface area contributed by atoms with Gasteiger partial charge >= 0.3 is 11.9 Å². The van der Waals surface area contributed by atoms with Crippen molar-refractivity contribution in [2.24, 2.45) is 58.4 Å². The van der Waals surface area contributed by atoms with Crippen LogP contribution in [0, 0.1) is 53.3 Å². The Balaban J connectivity index is 0.000000209. The summed E-state index contributed by atoms with van der Waals surface area (Å²) in [4.78, 5) is 44.3. The third-order valence-corrected chi connectivity index (χ3v) is 22.7. The number of carbonyl (C=O) groups excluding carboxylic acids is 3. The van der Waals surface area contributed by atoms with Crippen molar-refractivity contribution >= 4 is 23.4 Å². The van der Waals surface area contributed by atoms with Gasteiger partial charge in [-0.25, -0.2) is 0 Å². The highest BCUT2D eigenvalue weighted by molar-refractivity contribution is 6.07. The largest absolute Gasteiger partial charge is 0.462 e. The number of nitrogens with zero attached hydrogens (tertiary/aromatic N) is 2. The lowest BCUT2D eigenvalue weighted by Gasteiger charge is -2.49. The second-order valence-corrected chi connectivity index (χ2v) is 29.1. The van der Waals surface area contributed by atoms with Gasteiger partial charge in [0, 0.05) is 58.5 Å². The first kappa shape index (κ1) is 70.8. The maximum atomic E-state index is 14.7. The molecule has 7 heterocycles. The maximum Gasteiger partial charge on any atom is 0.316 e. The Hall–Kier alpha value is -3.96. The summed E-state index contributed by atoms with van der Waals surface area (Å²) < 4.78 is 75.1. The number of hydrogen-bond acceptors (Lipinski definition) is 19. The van der Waals surface area contributed by atoms with E-state index >= 15 is 0 Å². The molecule has 1 saturated carbocycles. The first-order valence-electron chi connectivity index (χ1n) is 34.9. The number of rotatable bonds is 10. The molecule has 0 unspecified atom stereocenters. The van der Waals surface area contributed by atoms with Gasteiger partial charge in [-0.05, 0) is 171 Å². The van der Waals surface area contributed by atoms with Crippen molar-refractivity contribution in [1.29, 1.82) is 0 Å². The third-order valence-electron chi connectivity index (χ3n) is 22.7. The van der Waals surface area contributed by atoms with Crippen LogP contribution in [0.4, 0.5) is 0 Å². The molecule has 6 saturated heterocycles. The number of hydrogen-bond donors (Lipinski definition) is 2. The van der Waals surface area contributed by atoms with Gasteiger partial charge in [-0.3, -0.25) is 14.4 Å². The van der Waals surface area contributed by atoms with Crippen LogP contribution in [0.3, 0.4) is 0 Å². The van der Waals surface area contributed by atoms with E-state index in [1.165, 1.54) is 5.57 Å². The summed E-state index contributed by atoms with van der Waals surface area (Å²) in [5.74, 6) is -1.58. The van der Waals surface area contributed by atoms with Gasteiger partial charge in [0.05, 0.1) is 49.7 Å². The minimum absolute atomic E-state index is 0.0380. The molecule has 2 N–H and O–H groups in total. The first-order valence-corrected chi connectivity index (χ1v) is 34.9. The van der Waals surface area contributed by atoms with Gasteiger partial charge < -0.3 is 72.1 Å². The fourth-order valence-electron chi connectivity index (χ4n) is 17.6. The number of cyclic esters (lactones) is 1. The molecule has 19 heteroatoms. The number of oxime groups is 1. The number of methoxy groups -OCH3 is 3. The van der Waals surface area contributed by atoms with Crippen molar-refractivity contribution in [2.45, 2.75) is 268 Å². The van der Waals surface area contributed by atoms with Crippen molar-refractivity contribution in [2.75, 3.05) is 42.0 Å². The second kappa shape index (κ2) is 30.6. The smallest absolute Gasteiger partial charge is 0.316 e. The van der Waals surface area contributed by atoms with Crippen molar-refractivity contribution in [3.05, 3.63) is 70.9 Å². The molecule has 7 aliphatic heterocycles. The molecular formula is C73H110N2O17. The van der Waals surface area contributed by atoms with E-state index in [2.05, 4.69) is 96.1 Å². The molecule has 0 radical (unpaired) electrons.